The van der Waals surface area contributed by atoms with Gasteiger partial charge in [-0.1, -0.05) is 31.9 Å². The zero-order chi connectivity index (χ0) is 11.1. The van der Waals surface area contributed by atoms with E-state index in [2.05, 4.69) is 19.1 Å². The van der Waals surface area contributed by atoms with Gasteiger partial charge in [-0.3, -0.25) is 0 Å². The second-order valence-corrected chi connectivity index (χ2v) is 3.96. The quantitative estimate of drug-likeness (QED) is 0.727. The zero-order valence-electron chi connectivity index (χ0n) is 9.70. The molecule has 0 saturated carbocycles. The van der Waals surface area contributed by atoms with E-state index in [1.165, 1.54) is 24.8 Å². The Balaban J connectivity index is 2.65. The minimum atomic E-state index is 0.510. The van der Waals surface area contributed by atoms with Gasteiger partial charge in [0, 0.05) is 18.7 Å². The maximum atomic E-state index is 5.67. The van der Waals surface area contributed by atoms with Gasteiger partial charge in [0.2, 0.25) is 0 Å². The van der Waals surface area contributed by atoms with E-state index in [1.807, 2.05) is 12.1 Å². The highest BCUT2D eigenvalue weighted by molar-refractivity contribution is 5.40. The number of ether oxygens (including phenoxy) is 1. The third-order valence-corrected chi connectivity index (χ3v) is 2.68. The van der Waals surface area contributed by atoms with Crippen molar-refractivity contribution in [3.63, 3.8) is 0 Å². The summed E-state index contributed by atoms with van der Waals surface area (Å²) < 4.78 is 5.25. The molecule has 15 heavy (non-hydrogen) atoms. The Hall–Kier alpha value is -1.02. The molecule has 1 unspecified atom stereocenters. The molecular weight excluding hydrogens is 186 g/mol. The van der Waals surface area contributed by atoms with Gasteiger partial charge < -0.3 is 10.5 Å². The molecule has 0 bridgehead atoms. The van der Waals surface area contributed by atoms with Gasteiger partial charge in [-0.05, 0) is 24.1 Å². The number of rotatable bonds is 6. The van der Waals surface area contributed by atoms with Crippen LogP contribution < -0.4 is 5.73 Å². The molecule has 1 atom stereocenters. The van der Waals surface area contributed by atoms with E-state index in [1.54, 1.807) is 7.11 Å². The first-order chi connectivity index (χ1) is 7.27. The van der Waals surface area contributed by atoms with Crippen LogP contribution >= 0.6 is 0 Å². The Morgan fingerprint density at radius 3 is 2.47 bits per heavy atom. The number of nitrogens with two attached hydrogens (primary N) is 1. The van der Waals surface area contributed by atoms with E-state index in [4.69, 9.17) is 10.5 Å². The fourth-order valence-electron chi connectivity index (χ4n) is 1.77. The van der Waals surface area contributed by atoms with Crippen molar-refractivity contribution in [3.8, 4) is 0 Å². The van der Waals surface area contributed by atoms with E-state index >= 15 is 0 Å². The van der Waals surface area contributed by atoms with Gasteiger partial charge in [0.15, 0.2) is 0 Å². The van der Waals surface area contributed by atoms with E-state index in [9.17, 15) is 0 Å². The second kappa shape index (κ2) is 6.46. The van der Waals surface area contributed by atoms with Crippen LogP contribution in [0.3, 0.4) is 0 Å². The van der Waals surface area contributed by atoms with Crippen molar-refractivity contribution in [1.29, 1.82) is 0 Å². The van der Waals surface area contributed by atoms with Crippen LogP contribution in [-0.2, 0) is 4.74 Å². The number of benzene rings is 1. The first-order valence-corrected chi connectivity index (χ1v) is 5.62. The largest absolute Gasteiger partial charge is 0.399 e. The van der Waals surface area contributed by atoms with Gasteiger partial charge in [-0.15, -0.1) is 0 Å². The van der Waals surface area contributed by atoms with Crippen LogP contribution in [0.4, 0.5) is 5.69 Å². The van der Waals surface area contributed by atoms with Crippen LogP contribution in [0.1, 0.15) is 37.7 Å². The molecule has 1 rings (SSSR count). The normalized spacial score (nSPS) is 12.7. The predicted molar refractivity (Wildman–Crippen MR) is 65.0 cm³/mol. The topological polar surface area (TPSA) is 35.2 Å². The summed E-state index contributed by atoms with van der Waals surface area (Å²) in [6, 6.07) is 8.14. The van der Waals surface area contributed by atoms with Crippen molar-refractivity contribution in [2.24, 2.45) is 0 Å². The van der Waals surface area contributed by atoms with E-state index in [0.717, 1.165) is 12.3 Å². The van der Waals surface area contributed by atoms with Crippen molar-refractivity contribution in [1.82, 2.24) is 0 Å². The average Bonchev–Trinajstić information content (AvgIpc) is 2.25. The van der Waals surface area contributed by atoms with Crippen LogP contribution in [0.25, 0.3) is 0 Å². The van der Waals surface area contributed by atoms with Crippen LogP contribution in [-0.4, -0.2) is 13.7 Å². The Kier molecular flexibility index (Phi) is 5.19. The van der Waals surface area contributed by atoms with Crippen LogP contribution in [0.2, 0.25) is 0 Å². The lowest BCUT2D eigenvalue weighted by Gasteiger charge is -2.16. The number of nitrogen functional groups attached to an aromatic ring is 1. The molecule has 0 radical (unpaired) electrons. The van der Waals surface area contributed by atoms with Gasteiger partial charge in [0.25, 0.3) is 0 Å². The van der Waals surface area contributed by atoms with E-state index in [-0.39, 0.29) is 0 Å². The van der Waals surface area contributed by atoms with Gasteiger partial charge >= 0.3 is 0 Å². The Labute approximate surface area is 92.4 Å². The Bertz CT molecular complexity index is 268. The lowest BCUT2D eigenvalue weighted by molar-refractivity contribution is 0.175. The molecule has 1 aromatic carbocycles. The van der Waals surface area contributed by atoms with Crippen LogP contribution in [0, 0.1) is 0 Å². The third-order valence-electron chi connectivity index (χ3n) is 2.68. The monoisotopic (exact) mass is 207 g/mol. The summed E-state index contributed by atoms with van der Waals surface area (Å²) in [5.74, 6) is 0.510. The molecule has 0 spiro atoms. The third kappa shape index (κ3) is 3.92. The molecule has 0 saturated heterocycles. The standard InChI is InChI=1S/C13H21NO/c1-3-4-5-12(10-15-2)11-6-8-13(14)9-7-11/h6-9,12H,3-5,10,14H2,1-2H3. The molecule has 84 valence electrons. The molecule has 0 aromatic heterocycles. The second-order valence-electron chi connectivity index (χ2n) is 3.96. The first kappa shape index (κ1) is 12.1. The van der Waals surface area contributed by atoms with Crippen molar-refractivity contribution >= 4 is 5.69 Å². The summed E-state index contributed by atoms with van der Waals surface area (Å²) in [7, 11) is 1.76. The number of unbranched alkanes of at least 4 members (excludes halogenated alkanes) is 1. The van der Waals surface area contributed by atoms with Crippen molar-refractivity contribution < 1.29 is 4.74 Å². The summed E-state index contributed by atoms with van der Waals surface area (Å²) in [6.45, 7) is 3.01. The van der Waals surface area contributed by atoms with Crippen molar-refractivity contribution in [2.75, 3.05) is 19.5 Å². The fourth-order valence-corrected chi connectivity index (χ4v) is 1.77. The van der Waals surface area contributed by atoms with Gasteiger partial charge in [-0.2, -0.15) is 0 Å². The number of methoxy groups -OCH3 is 1. The molecule has 2 N–H and O–H groups in total. The smallest absolute Gasteiger partial charge is 0.0530 e. The predicted octanol–water partition coefficient (Wildman–Crippen LogP) is 3.19. The summed E-state index contributed by atoms with van der Waals surface area (Å²) in [5.41, 5.74) is 7.83. The fraction of sp³-hybridized carbons (Fsp3) is 0.538. The molecule has 0 fully saturated rings. The van der Waals surface area contributed by atoms with Crippen LogP contribution in [0.5, 0.6) is 0 Å². The molecule has 2 heteroatoms. The molecule has 0 aliphatic rings. The molecule has 1 aromatic rings. The molecule has 2 nitrogen and oxygen atoms in total. The van der Waals surface area contributed by atoms with Gasteiger partial charge in [-0.25, -0.2) is 0 Å². The van der Waals surface area contributed by atoms with Crippen LogP contribution in [0.15, 0.2) is 24.3 Å². The first-order valence-electron chi connectivity index (χ1n) is 5.62. The lowest BCUT2D eigenvalue weighted by atomic mass is 9.94. The van der Waals surface area contributed by atoms with Crippen molar-refractivity contribution in [2.45, 2.75) is 32.1 Å². The molecule has 0 aliphatic heterocycles. The minimum Gasteiger partial charge on any atom is -0.399 e. The minimum absolute atomic E-state index is 0.510. The SMILES string of the molecule is CCCCC(COC)c1ccc(N)cc1. The summed E-state index contributed by atoms with van der Waals surface area (Å²) in [6.07, 6.45) is 3.67. The molecule has 0 heterocycles. The maximum absolute atomic E-state index is 5.67. The van der Waals surface area contributed by atoms with Gasteiger partial charge in [0.1, 0.15) is 0 Å². The summed E-state index contributed by atoms with van der Waals surface area (Å²) in [5, 5.41) is 0. The average molecular weight is 207 g/mol. The van der Waals surface area contributed by atoms with E-state index in [0.29, 0.717) is 5.92 Å². The summed E-state index contributed by atoms with van der Waals surface area (Å²) >= 11 is 0. The number of anilines is 1. The summed E-state index contributed by atoms with van der Waals surface area (Å²) in [4.78, 5) is 0. The highest BCUT2D eigenvalue weighted by atomic mass is 16.5. The number of hydrogen-bond donors (Lipinski definition) is 1. The van der Waals surface area contributed by atoms with Gasteiger partial charge in [0.05, 0.1) is 6.61 Å². The highest BCUT2D eigenvalue weighted by Crippen LogP contribution is 2.23. The molecular formula is C13H21NO. The molecule has 0 aliphatic carbocycles. The lowest BCUT2D eigenvalue weighted by Crippen LogP contribution is -2.06. The number of hydrogen-bond acceptors (Lipinski definition) is 2. The Morgan fingerprint density at radius 2 is 1.93 bits per heavy atom. The van der Waals surface area contributed by atoms with E-state index < -0.39 is 0 Å². The Morgan fingerprint density at radius 1 is 1.27 bits per heavy atom. The maximum Gasteiger partial charge on any atom is 0.0530 e. The highest BCUT2D eigenvalue weighted by Gasteiger charge is 2.10. The van der Waals surface area contributed by atoms with Crippen molar-refractivity contribution in [3.05, 3.63) is 29.8 Å². The molecule has 0 amide bonds. The zero-order valence-corrected chi connectivity index (χ0v) is 9.70.